The standard InChI is InChI=1S/C19H26N6O2S/c1-13-19(14(2)21-20-13)28(26,27)24-16-7-5-6-15(12-16)17-8-9-18(23-22-17)25-10-3-4-11-25/h5-9,12-14,19-21,24H,3-4,10-11H2,1-2H3. The quantitative estimate of drug-likeness (QED) is 0.700. The molecule has 2 aliphatic rings. The van der Waals surface area contributed by atoms with Crippen LogP contribution in [0.25, 0.3) is 11.3 Å². The van der Waals surface area contributed by atoms with Crippen molar-refractivity contribution in [2.75, 3.05) is 22.7 Å². The van der Waals surface area contributed by atoms with Gasteiger partial charge in [-0.05, 0) is 51.0 Å². The first-order valence-corrected chi connectivity index (χ1v) is 11.2. The van der Waals surface area contributed by atoms with Crippen molar-refractivity contribution in [3.8, 4) is 11.3 Å². The largest absolute Gasteiger partial charge is 0.355 e. The number of aromatic nitrogens is 2. The van der Waals surface area contributed by atoms with Crippen LogP contribution in [0.4, 0.5) is 11.5 Å². The summed E-state index contributed by atoms with van der Waals surface area (Å²) in [7, 11) is -3.55. The van der Waals surface area contributed by atoms with Gasteiger partial charge in [0.1, 0.15) is 5.25 Å². The van der Waals surface area contributed by atoms with Crippen LogP contribution in [0.5, 0.6) is 0 Å². The number of hydrogen-bond acceptors (Lipinski definition) is 7. The van der Waals surface area contributed by atoms with E-state index in [1.165, 1.54) is 12.8 Å². The van der Waals surface area contributed by atoms with E-state index >= 15 is 0 Å². The molecule has 1 aromatic carbocycles. The van der Waals surface area contributed by atoms with Gasteiger partial charge < -0.3 is 4.90 Å². The molecular formula is C19H26N6O2S. The Morgan fingerprint density at radius 3 is 2.39 bits per heavy atom. The summed E-state index contributed by atoms with van der Waals surface area (Å²) in [5.74, 6) is 0.891. The van der Waals surface area contributed by atoms with E-state index in [4.69, 9.17) is 0 Å². The molecule has 2 fully saturated rings. The number of nitrogens with one attached hydrogen (secondary N) is 3. The maximum Gasteiger partial charge on any atom is 0.238 e. The lowest BCUT2D eigenvalue weighted by Gasteiger charge is -2.20. The van der Waals surface area contributed by atoms with E-state index in [-0.39, 0.29) is 12.1 Å². The molecule has 0 amide bonds. The fourth-order valence-electron chi connectivity index (χ4n) is 3.97. The molecule has 2 saturated heterocycles. The van der Waals surface area contributed by atoms with Crippen molar-refractivity contribution in [1.82, 2.24) is 21.0 Å². The number of rotatable bonds is 5. The van der Waals surface area contributed by atoms with E-state index in [0.717, 1.165) is 30.2 Å². The highest BCUT2D eigenvalue weighted by Gasteiger charge is 2.40. The van der Waals surface area contributed by atoms with E-state index < -0.39 is 15.3 Å². The molecule has 3 N–H and O–H groups in total. The number of sulfonamides is 1. The summed E-state index contributed by atoms with van der Waals surface area (Å²) < 4.78 is 28.4. The van der Waals surface area contributed by atoms with Crippen LogP contribution >= 0.6 is 0 Å². The first-order chi connectivity index (χ1) is 13.4. The first-order valence-electron chi connectivity index (χ1n) is 9.66. The lowest BCUT2D eigenvalue weighted by atomic mass is 10.1. The second-order valence-corrected chi connectivity index (χ2v) is 9.37. The molecule has 2 aromatic rings. The average Bonchev–Trinajstić information content (AvgIpc) is 3.32. The van der Waals surface area contributed by atoms with Gasteiger partial charge in [0.15, 0.2) is 5.82 Å². The molecule has 2 atom stereocenters. The van der Waals surface area contributed by atoms with E-state index in [1.54, 1.807) is 12.1 Å². The van der Waals surface area contributed by atoms with Crippen molar-refractivity contribution >= 4 is 21.5 Å². The Morgan fingerprint density at radius 1 is 1.04 bits per heavy atom. The monoisotopic (exact) mass is 402 g/mol. The molecule has 150 valence electrons. The maximum atomic E-state index is 12.8. The van der Waals surface area contributed by atoms with Crippen molar-refractivity contribution in [2.24, 2.45) is 0 Å². The van der Waals surface area contributed by atoms with Gasteiger partial charge >= 0.3 is 0 Å². The Balaban J connectivity index is 1.53. The molecule has 0 spiro atoms. The molecule has 0 saturated carbocycles. The van der Waals surface area contributed by atoms with Gasteiger partial charge in [0.2, 0.25) is 10.0 Å². The second kappa shape index (κ2) is 7.65. The van der Waals surface area contributed by atoms with Gasteiger partial charge in [0, 0.05) is 36.4 Å². The number of benzene rings is 1. The van der Waals surface area contributed by atoms with Crippen molar-refractivity contribution < 1.29 is 8.42 Å². The van der Waals surface area contributed by atoms with E-state index in [2.05, 4.69) is 30.7 Å². The van der Waals surface area contributed by atoms with Gasteiger partial charge in [-0.2, -0.15) is 0 Å². The van der Waals surface area contributed by atoms with Crippen LogP contribution in [-0.2, 0) is 10.0 Å². The van der Waals surface area contributed by atoms with Gasteiger partial charge in [-0.15, -0.1) is 10.2 Å². The molecule has 9 heteroatoms. The fraction of sp³-hybridized carbons (Fsp3) is 0.474. The Hall–Kier alpha value is -2.23. The Labute approximate surface area is 165 Å². The lowest BCUT2D eigenvalue weighted by Crippen LogP contribution is -2.41. The summed E-state index contributed by atoms with van der Waals surface area (Å²) in [6.45, 7) is 5.75. The molecule has 0 bridgehead atoms. The van der Waals surface area contributed by atoms with Gasteiger partial charge in [-0.3, -0.25) is 15.6 Å². The normalized spacial score (nSPS) is 25.2. The zero-order valence-electron chi connectivity index (χ0n) is 16.1. The molecular weight excluding hydrogens is 376 g/mol. The highest BCUT2D eigenvalue weighted by Crippen LogP contribution is 2.25. The van der Waals surface area contributed by atoms with Crippen LogP contribution in [0.2, 0.25) is 0 Å². The SMILES string of the molecule is CC1NNC(C)C1S(=O)(=O)Nc1cccc(-c2ccc(N3CCCC3)nn2)c1. The van der Waals surface area contributed by atoms with Crippen molar-refractivity contribution in [2.45, 2.75) is 44.0 Å². The number of hydrogen-bond donors (Lipinski definition) is 3. The first kappa shape index (κ1) is 19.1. The lowest BCUT2D eigenvalue weighted by molar-refractivity contribution is 0.564. The van der Waals surface area contributed by atoms with Crippen LogP contribution in [0.15, 0.2) is 36.4 Å². The topological polar surface area (TPSA) is 99.2 Å². The van der Waals surface area contributed by atoms with Crippen molar-refractivity contribution in [3.05, 3.63) is 36.4 Å². The van der Waals surface area contributed by atoms with Crippen LogP contribution in [-0.4, -0.2) is 49.0 Å². The molecule has 2 unspecified atom stereocenters. The summed E-state index contributed by atoms with van der Waals surface area (Å²) in [5.41, 5.74) is 8.03. The highest BCUT2D eigenvalue weighted by atomic mass is 32.2. The molecule has 3 heterocycles. The third-order valence-electron chi connectivity index (χ3n) is 5.38. The van der Waals surface area contributed by atoms with Gasteiger partial charge in [0.25, 0.3) is 0 Å². The number of anilines is 2. The highest BCUT2D eigenvalue weighted by molar-refractivity contribution is 7.93. The van der Waals surface area contributed by atoms with Crippen LogP contribution < -0.4 is 20.5 Å². The predicted molar refractivity (Wildman–Crippen MR) is 110 cm³/mol. The second-order valence-electron chi connectivity index (χ2n) is 7.53. The molecule has 1 aromatic heterocycles. The van der Waals surface area contributed by atoms with Crippen LogP contribution in [0, 0.1) is 0 Å². The molecule has 2 aliphatic heterocycles. The predicted octanol–water partition coefficient (Wildman–Crippen LogP) is 1.74. The van der Waals surface area contributed by atoms with Crippen molar-refractivity contribution in [3.63, 3.8) is 0 Å². The van der Waals surface area contributed by atoms with Crippen molar-refractivity contribution in [1.29, 1.82) is 0 Å². The van der Waals surface area contributed by atoms with E-state index in [0.29, 0.717) is 5.69 Å². The molecule has 0 radical (unpaired) electrons. The Morgan fingerprint density at radius 2 is 1.75 bits per heavy atom. The minimum atomic E-state index is -3.55. The summed E-state index contributed by atoms with van der Waals surface area (Å²) >= 11 is 0. The smallest absolute Gasteiger partial charge is 0.238 e. The molecule has 28 heavy (non-hydrogen) atoms. The molecule has 0 aliphatic carbocycles. The molecule has 8 nitrogen and oxygen atoms in total. The van der Waals surface area contributed by atoms with Gasteiger partial charge in [-0.1, -0.05) is 12.1 Å². The number of hydrazine groups is 1. The average molecular weight is 403 g/mol. The Bertz CT molecular complexity index is 918. The van der Waals surface area contributed by atoms with Gasteiger partial charge in [0.05, 0.1) is 5.69 Å². The Kier molecular flexibility index (Phi) is 5.22. The third kappa shape index (κ3) is 3.82. The summed E-state index contributed by atoms with van der Waals surface area (Å²) in [6, 6.07) is 10.8. The van der Waals surface area contributed by atoms with Gasteiger partial charge in [-0.25, -0.2) is 8.42 Å². The van der Waals surface area contributed by atoms with E-state index in [1.807, 2.05) is 38.1 Å². The minimum absolute atomic E-state index is 0.181. The zero-order chi connectivity index (χ0) is 19.7. The maximum absolute atomic E-state index is 12.8. The molecule has 4 rings (SSSR count). The van der Waals surface area contributed by atoms with Crippen LogP contribution in [0.3, 0.4) is 0 Å². The summed E-state index contributed by atoms with van der Waals surface area (Å²) in [6.07, 6.45) is 2.38. The minimum Gasteiger partial charge on any atom is -0.355 e. The third-order valence-corrected chi connectivity index (χ3v) is 7.43. The van der Waals surface area contributed by atoms with Crippen LogP contribution in [0.1, 0.15) is 26.7 Å². The summed E-state index contributed by atoms with van der Waals surface area (Å²) in [5, 5.41) is 8.13. The fourth-order valence-corrected chi connectivity index (χ4v) is 5.77. The summed E-state index contributed by atoms with van der Waals surface area (Å²) in [4.78, 5) is 2.23. The zero-order valence-corrected chi connectivity index (χ0v) is 16.9. The number of nitrogens with zero attached hydrogens (tertiary/aromatic N) is 3. The van der Waals surface area contributed by atoms with E-state index in [9.17, 15) is 8.42 Å².